The lowest BCUT2D eigenvalue weighted by Gasteiger charge is -2.10. The minimum Gasteiger partial charge on any atom is -0.439 e. The van der Waals surface area contributed by atoms with E-state index in [0.29, 0.717) is 11.8 Å². The summed E-state index contributed by atoms with van der Waals surface area (Å²) in [6.07, 6.45) is 0. The average Bonchev–Trinajstić information content (AvgIpc) is 2.33. The van der Waals surface area contributed by atoms with Crippen LogP contribution in [0.1, 0.15) is 23.7 Å². The Kier molecular flexibility index (Phi) is 4.00. The van der Waals surface area contributed by atoms with Crippen LogP contribution in [0.15, 0.2) is 24.3 Å². The van der Waals surface area contributed by atoms with Gasteiger partial charge in [0.1, 0.15) is 5.75 Å². The van der Waals surface area contributed by atoms with Gasteiger partial charge in [-0.05, 0) is 44.9 Å². The molecule has 1 heterocycles. The van der Waals surface area contributed by atoms with Crippen LogP contribution in [-0.4, -0.2) is 16.5 Å². The summed E-state index contributed by atoms with van der Waals surface area (Å²) in [5.74, 6) is 2.00. The predicted molar refractivity (Wildman–Crippen MR) is 76.9 cm³/mol. The van der Waals surface area contributed by atoms with Crippen LogP contribution in [0.4, 0.5) is 5.95 Å². The van der Waals surface area contributed by atoms with Crippen molar-refractivity contribution >= 4 is 5.95 Å². The molecule has 4 nitrogen and oxygen atoms in total. The molecule has 0 aliphatic rings. The normalized spacial score (nSPS) is 10.3. The van der Waals surface area contributed by atoms with Crippen molar-refractivity contribution in [1.82, 2.24) is 9.97 Å². The van der Waals surface area contributed by atoms with Crippen molar-refractivity contribution in [1.29, 1.82) is 0 Å². The van der Waals surface area contributed by atoms with Crippen molar-refractivity contribution in [2.24, 2.45) is 0 Å². The van der Waals surface area contributed by atoms with Crippen LogP contribution >= 0.6 is 0 Å². The number of nitrogens with one attached hydrogen (secondary N) is 1. The number of benzene rings is 1. The Hall–Kier alpha value is -2.10. The number of hydrogen-bond donors (Lipinski definition) is 1. The van der Waals surface area contributed by atoms with Gasteiger partial charge in [-0.3, -0.25) is 0 Å². The van der Waals surface area contributed by atoms with E-state index in [1.165, 1.54) is 5.56 Å². The number of ether oxygens (including phenoxy) is 1. The molecular formula is C15H19N3O. The maximum absolute atomic E-state index is 5.87. The smallest absolute Gasteiger partial charge is 0.226 e. The Morgan fingerprint density at radius 1 is 1.11 bits per heavy atom. The summed E-state index contributed by atoms with van der Waals surface area (Å²) in [4.78, 5) is 8.65. The fourth-order valence-electron chi connectivity index (χ4n) is 1.76. The van der Waals surface area contributed by atoms with Crippen LogP contribution in [0.25, 0.3) is 0 Å². The van der Waals surface area contributed by atoms with Gasteiger partial charge in [0.05, 0.1) is 0 Å². The second-order valence-corrected chi connectivity index (χ2v) is 4.57. The minimum atomic E-state index is 0.567. The van der Waals surface area contributed by atoms with Crippen molar-refractivity contribution in [3.63, 3.8) is 0 Å². The van der Waals surface area contributed by atoms with Crippen LogP contribution in [0.2, 0.25) is 0 Å². The fraction of sp³-hybridized carbons (Fsp3) is 0.333. The fourth-order valence-corrected chi connectivity index (χ4v) is 1.76. The van der Waals surface area contributed by atoms with Gasteiger partial charge >= 0.3 is 0 Å². The summed E-state index contributed by atoms with van der Waals surface area (Å²) < 4.78 is 5.87. The van der Waals surface area contributed by atoms with Crippen molar-refractivity contribution in [3.8, 4) is 11.6 Å². The summed E-state index contributed by atoms with van der Waals surface area (Å²) in [5, 5.41) is 3.10. The Morgan fingerprint density at radius 2 is 1.89 bits per heavy atom. The molecule has 0 spiro atoms. The molecule has 1 aromatic heterocycles. The van der Waals surface area contributed by atoms with Crippen LogP contribution in [0.5, 0.6) is 11.6 Å². The molecule has 1 N–H and O–H groups in total. The third-order valence-corrected chi connectivity index (χ3v) is 2.72. The zero-order valence-corrected chi connectivity index (χ0v) is 11.8. The highest BCUT2D eigenvalue weighted by Crippen LogP contribution is 2.25. The van der Waals surface area contributed by atoms with Crippen molar-refractivity contribution in [2.45, 2.75) is 27.7 Å². The summed E-state index contributed by atoms with van der Waals surface area (Å²) in [6.45, 7) is 8.79. The van der Waals surface area contributed by atoms with E-state index in [1.54, 1.807) is 0 Å². The molecule has 4 heteroatoms. The summed E-state index contributed by atoms with van der Waals surface area (Å²) in [6, 6.07) is 7.96. The van der Waals surface area contributed by atoms with Crippen LogP contribution < -0.4 is 10.1 Å². The van der Waals surface area contributed by atoms with Crippen molar-refractivity contribution in [3.05, 3.63) is 41.1 Å². The largest absolute Gasteiger partial charge is 0.439 e. The van der Waals surface area contributed by atoms with E-state index in [-0.39, 0.29) is 0 Å². The average molecular weight is 257 g/mol. The van der Waals surface area contributed by atoms with Gasteiger partial charge in [-0.2, -0.15) is 4.98 Å². The molecule has 100 valence electrons. The molecule has 0 atom stereocenters. The molecule has 2 aromatic rings. The quantitative estimate of drug-likeness (QED) is 0.908. The van der Waals surface area contributed by atoms with Gasteiger partial charge in [-0.25, -0.2) is 4.98 Å². The Bertz CT molecular complexity index is 582. The molecule has 0 saturated carbocycles. The van der Waals surface area contributed by atoms with Crippen LogP contribution in [-0.2, 0) is 0 Å². The van der Waals surface area contributed by atoms with E-state index in [2.05, 4.69) is 21.4 Å². The maximum Gasteiger partial charge on any atom is 0.226 e. The third-order valence-electron chi connectivity index (χ3n) is 2.72. The topological polar surface area (TPSA) is 47.0 Å². The van der Waals surface area contributed by atoms with E-state index in [4.69, 9.17) is 4.74 Å². The summed E-state index contributed by atoms with van der Waals surface area (Å²) in [5.41, 5.74) is 3.14. The van der Waals surface area contributed by atoms with Gasteiger partial charge in [0, 0.05) is 18.3 Å². The zero-order chi connectivity index (χ0) is 13.8. The van der Waals surface area contributed by atoms with Crippen LogP contribution in [0, 0.1) is 20.8 Å². The first-order valence-corrected chi connectivity index (χ1v) is 6.43. The number of hydrogen-bond acceptors (Lipinski definition) is 4. The molecule has 0 radical (unpaired) electrons. The third kappa shape index (κ3) is 3.44. The van der Waals surface area contributed by atoms with Gasteiger partial charge in [0.25, 0.3) is 0 Å². The molecule has 0 saturated heterocycles. The number of rotatable bonds is 4. The van der Waals surface area contributed by atoms with Gasteiger partial charge in [-0.1, -0.05) is 12.1 Å². The van der Waals surface area contributed by atoms with E-state index in [1.807, 2.05) is 45.9 Å². The lowest BCUT2D eigenvalue weighted by Crippen LogP contribution is -2.04. The standard InChI is InChI=1S/C15H19N3O/c1-5-16-15-17-12(4)9-14(18-15)19-13-8-10(2)6-7-11(13)3/h6-9H,5H2,1-4H3,(H,16,17,18). The molecule has 0 unspecified atom stereocenters. The molecule has 0 amide bonds. The second-order valence-electron chi connectivity index (χ2n) is 4.57. The maximum atomic E-state index is 5.87. The number of aromatic nitrogens is 2. The lowest BCUT2D eigenvalue weighted by atomic mass is 10.1. The Morgan fingerprint density at radius 3 is 2.63 bits per heavy atom. The number of anilines is 1. The molecular weight excluding hydrogens is 238 g/mol. The molecule has 0 aliphatic heterocycles. The van der Waals surface area contributed by atoms with Crippen LogP contribution in [0.3, 0.4) is 0 Å². The Labute approximate surface area is 113 Å². The first-order valence-electron chi connectivity index (χ1n) is 6.43. The van der Waals surface area contributed by atoms with Gasteiger partial charge in [0.15, 0.2) is 0 Å². The van der Waals surface area contributed by atoms with Gasteiger partial charge in [0.2, 0.25) is 11.8 Å². The highest BCUT2D eigenvalue weighted by atomic mass is 16.5. The first kappa shape index (κ1) is 13.3. The zero-order valence-electron chi connectivity index (χ0n) is 11.8. The highest BCUT2D eigenvalue weighted by Gasteiger charge is 2.06. The second kappa shape index (κ2) is 5.69. The first-order chi connectivity index (χ1) is 9.08. The SMILES string of the molecule is CCNc1nc(C)cc(Oc2cc(C)ccc2C)n1. The van der Waals surface area contributed by atoms with E-state index in [9.17, 15) is 0 Å². The molecule has 19 heavy (non-hydrogen) atoms. The number of aryl methyl sites for hydroxylation is 3. The summed E-state index contributed by atoms with van der Waals surface area (Å²) in [7, 11) is 0. The van der Waals surface area contributed by atoms with Gasteiger partial charge < -0.3 is 10.1 Å². The van der Waals surface area contributed by atoms with E-state index in [0.717, 1.165) is 23.6 Å². The molecule has 0 fully saturated rings. The molecule has 1 aromatic carbocycles. The monoisotopic (exact) mass is 257 g/mol. The van der Waals surface area contributed by atoms with E-state index < -0.39 is 0 Å². The molecule has 2 rings (SSSR count). The molecule has 0 bridgehead atoms. The van der Waals surface area contributed by atoms with Crippen molar-refractivity contribution < 1.29 is 4.74 Å². The summed E-state index contributed by atoms with van der Waals surface area (Å²) >= 11 is 0. The Balaban J connectivity index is 2.29. The minimum absolute atomic E-state index is 0.567. The predicted octanol–water partition coefficient (Wildman–Crippen LogP) is 3.63. The van der Waals surface area contributed by atoms with Crippen molar-refractivity contribution in [2.75, 3.05) is 11.9 Å². The number of nitrogens with zero attached hydrogens (tertiary/aromatic N) is 2. The highest BCUT2D eigenvalue weighted by molar-refractivity contribution is 5.39. The molecule has 0 aliphatic carbocycles. The van der Waals surface area contributed by atoms with E-state index >= 15 is 0 Å². The lowest BCUT2D eigenvalue weighted by molar-refractivity contribution is 0.458. The van der Waals surface area contributed by atoms with Gasteiger partial charge in [-0.15, -0.1) is 0 Å².